The van der Waals surface area contributed by atoms with Crippen molar-refractivity contribution in [2.45, 2.75) is 38.8 Å². The normalized spacial score (nSPS) is 21.5. The van der Waals surface area contributed by atoms with E-state index in [4.69, 9.17) is 14.0 Å². The molecule has 1 aromatic carbocycles. The molecule has 9 nitrogen and oxygen atoms in total. The van der Waals surface area contributed by atoms with Crippen LogP contribution in [0.15, 0.2) is 22.7 Å². The summed E-state index contributed by atoms with van der Waals surface area (Å²) in [5.74, 6) is 1.59. The molecule has 0 spiro atoms. The number of benzene rings is 1. The Kier molecular flexibility index (Phi) is 4.21. The van der Waals surface area contributed by atoms with Crippen LogP contribution < -0.4 is 14.8 Å². The van der Waals surface area contributed by atoms with Gasteiger partial charge in [-0.05, 0) is 31.0 Å². The van der Waals surface area contributed by atoms with E-state index in [2.05, 4.69) is 15.5 Å². The van der Waals surface area contributed by atoms with Crippen LogP contribution in [0.5, 0.6) is 11.5 Å². The van der Waals surface area contributed by atoms with Gasteiger partial charge < -0.3 is 19.3 Å². The van der Waals surface area contributed by atoms with Crippen molar-refractivity contribution in [2.24, 2.45) is 0 Å². The summed E-state index contributed by atoms with van der Waals surface area (Å²) in [4.78, 5) is 30.8. The molecule has 27 heavy (non-hydrogen) atoms. The van der Waals surface area contributed by atoms with Crippen molar-refractivity contribution in [1.29, 1.82) is 0 Å². The largest absolute Gasteiger partial charge is 0.486 e. The molecular formula is C18H20N4O5. The summed E-state index contributed by atoms with van der Waals surface area (Å²) in [5, 5.41) is 6.61. The molecule has 1 aromatic heterocycles. The lowest BCUT2D eigenvalue weighted by Crippen LogP contribution is -2.41. The summed E-state index contributed by atoms with van der Waals surface area (Å²) in [5.41, 5.74) is -0.588. The van der Waals surface area contributed by atoms with Crippen LogP contribution in [0, 0.1) is 0 Å². The number of nitrogens with zero attached hydrogens (tertiary/aromatic N) is 3. The standard InChI is InChI=1S/C18H20N4O5/c1-3-4-15-19-14(21-27-15)10-22-16(23)18(2,20-17(22)24)11-5-6-12-13(9-11)26-8-7-25-12/h5-6,9H,3-4,7-8,10H2,1-2H3,(H,20,24). The highest BCUT2D eigenvalue weighted by molar-refractivity contribution is 6.07. The molecular weight excluding hydrogens is 352 g/mol. The van der Waals surface area contributed by atoms with Crippen molar-refractivity contribution in [3.63, 3.8) is 0 Å². The average molecular weight is 372 g/mol. The van der Waals surface area contributed by atoms with Crippen LogP contribution >= 0.6 is 0 Å². The van der Waals surface area contributed by atoms with Gasteiger partial charge >= 0.3 is 6.03 Å². The van der Waals surface area contributed by atoms with Gasteiger partial charge in [-0.2, -0.15) is 4.98 Å². The Morgan fingerprint density at radius 3 is 2.78 bits per heavy atom. The molecule has 3 amide bonds. The van der Waals surface area contributed by atoms with E-state index in [1.54, 1.807) is 25.1 Å². The van der Waals surface area contributed by atoms with Gasteiger partial charge in [0, 0.05) is 6.42 Å². The number of nitrogens with one attached hydrogen (secondary N) is 1. The number of imide groups is 1. The molecule has 142 valence electrons. The Balaban J connectivity index is 1.57. The fourth-order valence-electron chi connectivity index (χ4n) is 3.20. The van der Waals surface area contributed by atoms with Gasteiger partial charge in [-0.1, -0.05) is 18.1 Å². The van der Waals surface area contributed by atoms with E-state index < -0.39 is 11.6 Å². The maximum absolute atomic E-state index is 13.0. The molecule has 2 aromatic rings. The van der Waals surface area contributed by atoms with Crippen molar-refractivity contribution < 1.29 is 23.6 Å². The summed E-state index contributed by atoms with van der Waals surface area (Å²) in [6.07, 6.45) is 1.52. The number of carbonyl (C=O) groups excluding carboxylic acids is 2. The number of rotatable bonds is 5. The van der Waals surface area contributed by atoms with Crippen molar-refractivity contribution in [3.05, 3.63) is 35.5 Å². The van der Waals surface area contributed by atoms with Gasteiger partial charge in [0.05, 0.1) is 6.54 Å². The molecule has 0 bridgehead atoms. The molecule has 1 saturated heterocycles. The lowest BCUT2D eigenvalue weighted by molar-refractivity contribution is -0.131. The van der Waals surface area contributed by atoms with E-state index in [-0.39, 0.29) is 12.5 Å². The molecule has 2 aliphatic rings. The summed E-state index contributed by atoms with van der Waals surface area (Å²) in [7, 11) is 0. The highest BCUT2D eigenvalue weighted by atomic mass is 16.6. The average Bonchev–Trinajstić information content (AvgIpc) is 3.20. The molecule has 2 aliphatic heterocycles. The first-order chi connectivity index (χ1) is 13.0. The SMILES string of the molecule is CCCc1nc(CN2C(=O)NC(C)(c3ccc4c(c3)OCCO4)C2=O)no1. The first kappa shape index (κ1) is 17.3. The van der Waals surface area contributed by atoms with Crippen molar-refractivity contribution >= 4 is 11.9 Å². The number of aromatic nitrogens is 2. The number of hydrogen-bond acceptors (Lipinski definition) is 7. The number of carbonyl (C=O) groups is 2. The van der Waals surface area contributed by atoms with Crippen LogP contribution in [0.25, 0.3) is 0 Å². The highest BCUT2D eigenvalue weighted by Gasteiger charge is 2.49. The second-order valence-electron chi connectivity index (χ2n) is 6.66. The molecule has 1 unspecified atom stereocenters. The van der Waals surface area contributed by atoms with Crippen LogP contribution in [-0.4, -0.2) is 40.2 Å². The Hall–Kier alpha value is -3.10. The predicted molar refractivity (Wildman–Crippen MR) is 92.2 cm³/mol. The van der Waals surface area contributed by atoms with E-state index in [0.29, 0.717) is 48.4 Å². The molecule has 0 saturated carbocycles. The predicted octanol–water partition coefficient (Wildman–Crippen LogP) is 1.76. The third kappa shape index (κ3) is 2.98. The zero-order chi connectivity index (χ0) is 19.0. The van der Waals surface area contributed by atoms with Gasteiger partial charge in [0.25, 0.3) is 5.91 Å². The monoisotopic (exact) mass is 372 g/mol. The van der Waals surface area contributed by atoms with Crippen LogP contribution in [0.1, 0.15) is 37.5 Å². The minimum absolute atomic E-state index is 0.0436. The van der Waals surface area contributed by atoms with Crippen molar-refractivity contribution in [3.8, 4) is 11.5 Å². The fourth-order valence-corrected chi connectivity index (χ4v) is 3.20. The number of aryl methyl sites for hydroxylation is 1. The third-order valence-corrected chi connectivity index (χ3v) is 4.67. The molecule has 1 N–H and O–H groups in total. The highest BCUT2D eigenvalue weighted by Crippen LogP contribution is 2.37. The quantitative estimate of drug-likeness (QED) is 0.797. The van der Waals surface area contributed by atoms with Crippen molar-refractivity contribution in [1.82, 2.24) is 20.4 Å². The topological polar surface area (TPSA) is 107 Å². The van der Waals surface area contributed by atoms with Crippen molar-refractivity contribution in [2.75, 3.05) is 13.2 Å². The summed E-state index contributed by atoms with van der Waals surface area (Å²) in [6.45, 7) is 4.55. The summed E-state index contributed by atoms with van der Waals surface area (Å²) >= 11 is 0. The molecule has 1 fully saturated rings. The van der Waals surface area contributed by atoms with Gasteiger partial charge in [-0.25, -0.2) is 4.79 Å². The van der Waals surface area contributed by atoms with Gasteiger partial charge in [0.15, 0.2) is 17.3 Å². The Morgan fingerprint density at radius 2 is 2.00 bits per heavy atom. The molecule has 1 atom stereocenters. The zero-order valence-electron chi connectivity index (χ0n) is 15.2. The molecule has 9 heteroatoms. The van der Waals surface area contributed by atoms with Crippen LogP contribution in [-0.2, 0) is 23.3 Å². The smallest absolute Gasteiger partial charge is 0.325 e. The zero-order valence-corrected chi connectivity index (χ0v) is 15.2. The maximum atomic E-state index is 13.0. The second-order valence-corrected chi connectivity index (χ2v) is 6.66. The summed E-state index contributed by atoms with van der Waals surface area (Å²) < 4.78 is 16.2. The number of hydrogen-bond donors (Lipinski definition) is 1. The molecule has 3 heterocycles. The van der Waals surface area contributed by atoms with Crippen LogP contribution in [0.4, 0.5) is 4.79 Å². The molecule has 0 radical (unpaired) electrons. The van der Waals surface area contributed by atoms with Gasteiger partial charge in [0.1, 0.15) is 18.8 Å². The minimum Gasteiger partial charge on any atom is -0.486 e. The Labute approximate surface area is 155 Å². The lowest BCUT2D eigenvalue weighted by atomic mass is 9.91. The first-order valence-electron chi connectivity index (χ1n) is 8.87. The maximum Gasteiger partial charge on any atom is 0.325 e. The van der Waals surface area contributed by atoms with Crippen LogP contribution in [0.2, 0.25) is 0 Å². The van der Waals surface area contributed by atoms with Gasteiger partial charge in [-0.3, -0.25) is 9.69 Å². The number of ether oxygens (including phenoxy) is 2. The van der Waals surface area contributed by atoms with E-state index in [1.807, 2.05) is 6.92 Å². The Bertz CT molecular complexity index is 896. The number of fused-ring (bicyclic) bond motifs is 1. The Morgan fingerprint density at radius 1 is 1.22 bits per heavy atom. The van der Waals surface area contributed by atoms with E-state index in [0.717, 1.165) is 11.3 Å². The molecule has 4 rings (SSSR count). The van der Waals surface area contributed by atoms with Gasteiger partial charge in [0.2, 0.25) is 5.89 Å². The van der Waals surface area contributed by atoms with E-state index >= 15 is 0 Å². The number of urea groups is 1. The lowest BCUT2D eigenvalue weighted by Gasteiger charge is -2.25. The van der Waals surface area contributed by atoms with E-state index in [1.165, 1.54) is 0 Å². The number of amides is 3. The fraction of sp³-hybridized carbons (Fsp3) is 0.444. The van der Waals surface area contributed by atoms with E-state index in [9.17, 15) is 9.59 Å². The third-order valence-electron chi connectivity index (χ3n) is 4.67. The second kappa shape index (κ2) is 6.57. The minimum atomic E-state index is -1.21. The van der Waals surface area contributed by atoms with Crippen LogP contribution in [0.3, 0.4) is 0 Å². The first-order valence-corrected chi connectivity index (χ1v) is 8.87. The van der Waals surface area contributed by atoms with Gasteiger partial charge in [-0.15, -0.1) is 0 Å². The summed E-state index contributed by atoms with van der Waals surface area (Å²) in [6, 6.07) is 4.72. The molecule has 0 aliphatic carbocycles.